The smallest absolute Gasteiger partial charge is 0.466 e. The van der Waals surface area contributed by atoms with Crippen molar-refractivity contribution in [1.29, 1.82) is 0 Å². The molecule has 0 aliphatic heterocycles. The Morgan fingerprint density at radius 3 is 1.29 bits per heavy atom. The summed E-state index contributed by atoms with van der Waals surface area (Å²) in [5.74, 6) is -0.792. The van der Waals surface area contributed by atoms with Gasteiger partial charge in [-0.15, -0.1) is 0 Å². The van der Waals surface area contributed by atoms with E-state index in [0.29, 0.717) is 38.2 Å². The fourth-order valence-corrected chi connectivity index (χ4v) is 7.82. The van der Waals surface area contributed by atoms with Crippen molar-refractivity contribution in [3.63, 3.8) is 0 Å². The minimum atomic E-state index is -0.788. The molecule has 1 aliphatic rings. The highest BCUT2D eigenvalue weighted by atomic mass is 16.7. The first-order valence-electron chi connectivity index (χ1n) is 27.8. The average Bonchev–Trinajstić information content (AvgIpc) is 4.17. The second-order valence-electron chi connectivity index (χ2n) is 18.8. The predicted octanol–water partition coefficient (Wildman–Crippen LogP) is 14.7. The molecule has 11 heteroatoms. The fraction of sp³-hybridized carbons (Fsp3) is 0.927. The number of carbonyl (C=O) groups excluding carboxylic acids is 4. The zero-order chi connectivity index (χ0) is 48.6. The molecule has 1 saturated carbocycles. The Kier molecular flexibility index (Phi) is 47.3. The van der Waals surface area contributed by atoms with Crippen LogP contribution >= 0.6 is 0 Å². The molecule has 2 atom stereocenters. The van der Waals surface area contributed by atoms with Gasteiger partial charge in [-0.1, -0.05) is 183 Å². The Morgan fingerprint density at radius 2 is 0.818 bits per heavy atom. The zero-order valence-electron chi connectivity index (χ0n) is 44.0. The molecular weight excluding hydrogens is 835 g/mol. The summed E-state index contributed by atoms with van der Waals surface area (Å²) in [4.78, 5) is 52.0. The van der Waals surface area contributed by atoms with Crippen molar-refractivity contribution < 1.29 is 47.6 Å². The van der Waals surface area contributed by atoms with Crippen LogP contribution in [0.3, 0.4) is 0 Å². The van der Waals surface area contributed by atoms with Crippen molar-refractivity contribution in [3.8, 4) is 0 Å². The molecule has 0 aromatic rings. The number of carbonyl (C=O) groups is 4. The maximum absolute atomic E-state index is 12.8. The summed E-state index contributed by atoms with van der Waals surface area (Å²) in [6.07, 6.45) is 35.0. The van der Waals surface area contributed by atoms with E-state index in [-0.39, 0.29) is 63.3 Å². The predicted molar refractivity (Wildman–Crippen MR) is 270 cm³/mol. The summed E-state index contributed by atoms with van der Waals surface area (Å²) in [6.45, 7) is 17.2. The van der Waals surface area contributed by atoms with Crippen molar-refractivity contribution >= 4 is 24.1 Å². The van der Waals surface area contributed by atoms with E-state index in [1.165, 1.54) is 116 Å². The standard InChI is InChI=1S/C46H85NO10.C9H20/c1-5-9-11-13-15-16-21-25-35-53-43(48)27-22-18-17-19-23-28-44(49)55-37-40(39-57-46(51)54-36-26-33-47(7-3)8-4)38-56-45(50)32-31-42(41-29-30-41)52-34-24-20-14-12-10-6-2;1-3-5-7-9-8-6-4-2/h40-42H,5-39H2,1-4H3;3-9H2,1-2H3. The van der Waals surface area contributed by atoms with Gasteiger partial charge in [0.15, 0.2) is 0 Å². The second-order valence-corrected chi connectivity index (χ2v) is 18.8. The van der Waals surface area contributed by atoms with Crippen LogP contribution < -0.4 is 0 Å². The molecule has 0 heterocycles. The van der Waals surface area contributed by atoms with Crippen molar-refractivity contribution in [2.75, 3.05) is 59.3 Å². The van der Waals surface area contributed by atoms with Crippen LogP contribution in [0.1, 0.15) is 253 Å². The molecule has 0 amide bonds. The molecule has 0 bridgehead atoms. The molecule has 1 aliphatic carbocycles. The largest absolute Gasteiger partial charge is 0.508 e. The zero-order valence-corrected chi connectivity index (χ0v) is 44.0. The van der Waals surface area contributed by atoms with Gasteiger partial charge >= 0.3 is 24.1 Å². The summed E-state index contributed by atoms with van der Waals surface area (Å²) in [5, 5.41) is 0. The number of hydrogen-bond donors (Lipinski definition) is 0. The highest BCUT2D eigenvalue weighted by molar-refractivity contribution is 5.70. The van der Waals surface area contributed by atoms with Crippen LogP contribution in [0.25, 0.3) is 0 Å². The molecule has 1 rings (SSSR count). The number of esters is 3. The fourth-order valence-electron chi connectivity index (χ4n) is 7.82. The highest BCUT2D eigenvalue weighted by Crippen LogP contribution is 2.36. The van der Waals surface area contributed by atoms with Crippen LogP contribution in [0.5, 0.6) is 0 Å². The van der Waals surface area contributed by atoms with Gasteiger partial charge in [-0.25, -0.2) is 4.79 Å². The maximum atomic E-state index is 12.8. The lowest BCUT2D eigenvalue weighted by Gasteiger charge is -2.19. The molecule has 0 radical (unpaired) electrons. The number of ether oxygens (including phenoxy) is 6. The first-order valence-corrected chi connectivity index (χ1v) is 27.8. The minimum Gasteiger partial charge on any atom is -0.466 e. The van der Waals surface area contributed by atoms with Gasteiger partial charge in [0.05, 0.1) is 25.2 Å². The normalized spacial score (nSPS) is 13.1. The summed E-state index contributed by atoms with van der Waals surface area (Å²) in [5.41, 5.74) is 0. The van der Waals surface area contributed by atoms with E-state index in [0.717, 1.165) is 84.0 Å². The maximum Gasteiger partial charge on any atom is 0.508 e. The summed E-state index contributed by atoms with van der Waals surface area (Å²) >= 11 is 0. The third-order valence-electron chi connectivity index (χ3n) is 12.5. The summed E-state index contributed by atoms with van der Waals surface area (Å²) < 4.78 is 33.3. The van der Waals surface area contributed by atoms with E-state index in [9.17, 15) is 19.2 Å². The lowest BCUT2D eigenvalue weighted by molar-refractivity contribution is -0.150. The number of unbranched alkanes of at least 4 members (excludes halogenated alkanes) is 22. The van der Waals surface area contributed by atoms with E-state index >= 15 is 0 Å². The number of hydrogen-bond acceptors (Lipinski definition) is 11. The molecule has 390 valence electrons. The molecule has 0 spiro atoms. The van der Waals surface area contributed by atoms with Crippen LogP contribution in [0.4, 0.5) is 4.79 Å². The van der Waals surface area contributed by atoms with Gasteiger partial charge in [-0.3, -0.25) is 14.4 Å². The Bertz CT molecular complexity index is 1090. The van der Waals surface area contributed by atoms with Gasteiger partial charge < -0.3 is 33.3 Å². The molecule has 0 aromatic carbocycles. The van der Waals surface area contributed by atoms with E-state index in [1.54, 1.807) is 0 Å². The topological polar surface area (TPSA) is 127 Å². The first kappa shape index (κ1) is 63.6. The summed E-state index contributed by atoms with van der Waals surface area (Å²) in [7, 11) is 0. The third kappa shape index (κ3) is 44.1. The van der Waals surface area contributed by atoms with Crippen LogP contribution in [-0.2, 0) is 42.8 Å². The molecule has 0 saturated heterocycles. The third-order valence-corrected chi connectivity index (χ3v) is 12.5. The average molecular weight is 940 g/mol. The molecule has 66 heavy (non-hydrogen) atoms. The van der Waals surface area contributed by atoms with Crippen LogP contribution in [-0.4, -0.2) is 94.3 Å². The van der Waals surface area contributed by atoms with E-state index in [2.05, 4.69) is 46.4 Å². The Hall–Kier alpha value is -2.40. The molecular formula is C55H105NO10. The number of nitrogens with zero attached hydrogens (tertiary/aromatic N) is 1. The van der Waals surface area contributed by atoms with E-state index in [4.69, 9.17) is 28.4 Å². The summed E-state index contributed by atoms with van der Waals surface area (Å²) in [6, 6.07) is 0. The van der Waals surface area contributed by atoms with Gasteiger partial charge in [-0.2, -0.15) is 0 Å². The van der Waals surface area contributed by atoms with Gasteiger partial charge in [0.2, 0.25) is 0 Å². The van der Waals surface area contributed by atoms with Crippen molar-refractivity contribution in [2.45, 2.75) is 260 Å². The van der Waals surface area contributed by atoms with Crippen molar-refractivity contribution in [1.82, 2.24) is 4.90 Å². The second kappa shape index (κ2) is 49.0. The quantitative estimate of drug-likeness (QED) is 0.0329. The highest BCUT2D eigenvalue weighted by Gasteiger charge is 2.32. The lowest BCUT2D eigenvalue weighted by Crippen LogP contribution is -2.27. The first-order chi connectivity index (χ1) is 32.2. The molecule has 1 fully saturated rings. The van der Waals surface area contributed by atoms with E-state index in [1.807, 2.05) is 0 Å². The Labute approximate surface area is 406 Å². The molecule has 0 aromatic heterocycles. The van der Waals surface area contributed by atoms with Gasteiger partial charge in [0.25, 0.3) is 0 Å². The van der Waals surface area contributed by atoms with Gasteiger partial charge in [-0.05, 0) is 70.4 Å². The van der Waals surface area contributed by atoms with Crippen LogP contribution in [0.2, 0.25) is 0 Å². The minimum absolute atomic E-state index is 0.0321. The molecule has 2 unspecified atom stereocenters. The van der Waals surface area contributed by atoms with Gasteiger partial charge in [0.1, 0.15) is 19.8 Å². The monoisotopic (exact) mass is 940 g/mol. The Balaban J connectivity index is 0.00000421. The van der Waals surface area contributed by atoms with Crippen molar-refractivity contribution in [2.24, 2.45) is 11.8 Å². The lowest BCUT2D eigenvalue weighted by atomic mass is 10.1. The Morgan fingerprint density at radius 1 is 0.424 bits per heavy atom. The molecule has 0 N–H and O–H groups in total. The SMILES string of the molecule is CCCCCCCCC.CCCCCCCCCCOC(=O)CCCCCCCC(=O)OCC(COC(=O)CCC(OCCCCCCCC)C1CC1)COC(=O)OCCCN(CC)CC. The van der Waals surface area contributed by atoms with Crippen LogP contribution in [0, 0.1) is 11.8 Å². The van der Waals surface area contributed by atoms with E-state index < -0.39 is 12.1 Å². The van der Waals surface area contributed by atoms with Crippen LogP contribution in [0.15, 0.2) is 0 Å². The van der Waals surface area contributed by atoms with Crippen molar-refractivity contribution in [3.05, 3.63) is 0 Å². The number of rotatable bonds is 47. The molecule has 11 nitrogen and oxygen atoms in total. The van der Waals surface area contributed by atoms with Gasteiger partial charge in [0, 0.05) is 32.4 Å².